The van der Waals surface area contributed by atoms with Crippen molar-refractivity contribution in [1.82, 2.24) is 9.15 Å². The van der Waals surface area contributed by atoms with E-state index in [1.54, 1.807) is 0 Å². The molecule has 466 valence electrons. The molecule has 2 aromatic carbocycles. The van der Waals surface area contributed by atoms with E-state index in [0.717, 1.165) is 117 Å². The summed E-state index contributed by atoms with van der Waals surface area (Å²) in [6.07, 6.45) is 22.3. The summed E-state index contributed by atoms with van der Waals surface area (Å²) in [4.78, 5) is 27.4. The number of hydrogen-bond acceptors (Lipinski definition) is 6. The molecule has 87 heavy (non-hydrogen) atoms. The van der Waals surface area contributed by atoms with E-state index in [0.29, 0.717) is 12.8 Å². The zero-order chi connectivity index (χ0) is 63.4. The van der Waals surface area contributed by atoms with Crippen molar-refractivity contribution < 1.29 is 28.6 Å². The first-order chi connectivity index (χ1) is 41.3. The lowest BCUT2D eigenvalue weighted by molar-refractivity contribution is -0.138. The van der Waals surface area contributed by atoms with Gasteiger partial charge in [-0.3, -0.25) is 9.59 Å². The predicted octanol–water partition coefficient (Wildman–Crippen LogP) is 17.5. The third kappa shape index (κ3) is 16.1. The number of aliphatic carboxylic acids is 2. The number of fused-ring (bicyclic) bond motifs is 4. The summed E-state index contributed by atoms with van der Waals surface area (Å²) in [7, 11) is 0. The lowest BCUT2D eigenvalue weighted by Crippen LogP contribution is -2.30. The van der Waals surface area contributed by atoms with E-state index < -0.39 is 11.9 Å². The maximum atomic E-state index is 11.4. The van der Waals surface area contributed by atoms with Gasteiger partial charge in [-0.25, -0.2) is 9.15 Å². The van der Waals surface area contributed by atoms with E-state index in [-0.39, 0.29) is 34.5 Å². The summed E-state index contributed by atoms with van der Waals surface area (Å²) in [5.74, 6) is 2.29. The number of benzene rings is 4. The maximum Gasteiger partial charge on any atom is 0.303 e. The summed E-state index contributed by atoms with van der Waals surface area (Å²) >= 11 is 0. The molecule has 8 rings (SSSR count). The molecule has 2 aliphatic carbocycles. The Hall–Kier alpha value is -7.20. The highest BCUT2D eigenvalue weighted by atomic mass is 16.4. The average Bonchev–Trinajstić information content (AvgIpc) is 1.95. The minimum atomic E-state index is -0.737. The molecule has 4 heterocycles. The molecule has 0 fully saturated rings. The zero-order valence-electron chi connectivity index (χ0n) is 55.9. The number of carbonyl (C=O) groups is 2. The molecule has 6 aliphatic rings. The number of carboxylic acid groups (broad SMARTS) is 2. The molecule has 0 aromatic heterocycles. The smallest absolute Gasteiger partial charge is 0.303 e. The van der Waals surface area contributed by atoms with E-state index in [9.17, 15) is 14.7 Å². The normalized spacial score (nSPS) is 17.0. The van der Waals surface area contributed by atoms with Crippen molar-refractivity contribution >= 4 is 35.5 Å². The first-order valence-electron chi connectivity index (χ1n) is 32.6. The van der Waals surface area contributed by atoms with Crippen molar-refractivity contribution in [2.24, 2.45) is 0 Å². The third-order valence-corrected chi connectivity index (χ3v) is 17.8. The SMILES string of the molecule is CCCCN1C(=CC=Cc2cc(C(C)(C)C)oc3cc(=[N+](CC)CC)ccc2-3)C(C)(CCCC(=O)O)c2cc(C)ccc21.CCCC[N+](CC)=c1ccc2c(C=CC=C3N(CCCCCC(=O)O)c4ccc(C)cc4C3(C)C)cc(C(C)(C)C)oc-2c1. The number of carboxylic acids is 2. The molecular weight excluding hydrogens is 1080 g/mol. The molecule has 0 spiro atoms. The summed E-state index contributed by atoms with van der Waals surface area (Å²) < 4.78 is 17.8. The van der Waals surface area contributed by atoms with Crippen LogP contribution in [-0.2, 0) is 31.2 Å². The molecule has 0 saturated carbocycles. The van der Waals surface area contributed by atoms with Crippen LogP contribution < -0.4 is 29.7 Å². The molecule has 0 bridgehead atoms. The maximum absolute atomic E-state index is 11.4. The number of aryl methyl sites for hydroxylation is 2. The number of nitrogens with zero attached hydrogens (tertiary/aromatic N) is 4. The van der Waals surface area contributed by atoms with E-state index in [2.05, 4.69) is 251 Å². The molecule has 1 unspecified atom stereocenters. The van der Waals surface area contributed by atoms with Crippen molar-refractivity contribution in [1.29, 1.82) is 0 Å². The third-order valence-electron chi connectivity index (χ3n) is 17.8. The Bertz CT molecular complexity index is 3580. The van der Waals surface area contributed by atoms with Gasteiger partial charge >= 0.3 is 11.9 Å². The highest BCUT2D eigenvalue weighted by molar-refractivity contribution is 5.77. The van der Waals surface area contributed by atoms with Gasteiger partial charge in [-0.05, 0) is 144 Å². The number of unbranched alkanes of at least 4 members (excludes halogenated alkanes) is 4. The van der Waals surface area contributed by atoms with Crippen LogP contribution >= 0.6 is 0 Å². The van der Waals surface area contributed by atoms with E-state index in [4.69, 9.17) is 13.9 Å². The summed E-state index contributed by atoms with van der Waals surface area (Å²) in [5, 5.41) is 20.8. The zero-order valence-corrected chi connectivity index (χ0v) is 55.9. The van der Waals surface area contributed by atoms with Gasteiger partial charge < -0.3 is 28.8 Å². The van der Waals surface area contributed by atoms with Gasteiger partial charge in [0.25, 0.3) is 0 Å². The molecule has 4 aliphatic heterocycles. The monoisotopic (exact) mass is 1180 g/mol. The van der Waals surface area contributed by atoms with Gasteiger partial charge in [0.05, 0.1) is 12.1 Å². The van der Waals surface area contributed by atoms with Gasteiger partial charge in [-0.15, -0.1) is 0 Å². The summed E-state index contributed by atoms with van der Waals surface area (Å²) in [6.45, 7) is 41.1. The topological polar surface area (TPSA) is 113 Å². The van der Waals surface area contributed by atoms with E-state index in [1.807, 2.05) is 0 Å². The summed E-state index contributed by atoms with van der Waals surface area (Å²) in [5.41, 5.74) is 14.0. The van der Waals surface area contributed by atoms with Gasteiger partial charge in [0.1, 0.15) is 49.2 Å². The Kier molecular flexibility index (Phi) is 22.6. The fourth-order valence-corrected chi connectivity index (χ4v) is 12.5. The molecular formula is C77H104N4O6+2. The first-order valence-corrected chi connectivity index (χ1v) is 32.6. The van der Waals surface area contributed by atoms with Crippen LogP contribution in [-0.4, -0.2) is 61.4 Å². The van der Waals surface area contributed by atoms with Gasteiger partial charge in [0, 0.05) is 100 Å². The highest BCUT2D eigenvalue weighted by Gasteiger charge is 2.43. The van der Waals surface area contributed by atoms with Crippen molar-refractivity contribution in [2.75, 3.05) is 49.1 Å². The molecule has 0 amide bonds. The van der Waals surface area contributed by atoms with Gasteiger partial charge in [-0.1, -0.05) is 148 Å². The second-order valence-electron chi connectivity index (χ2n) is 27.0. The number of rotatable bonds is 23. The van der Waals surface area contributed by atoms with Crippen LogP contribution in [0.2, 0.25) is 0 Å². The Balaban J connectivity index is 0.000000249. The molecule has 0 radical (unpaired) electrons. The van der Waals surface area contributed by atoms with Crippen LogP contribution in [0.25, 0.3) is 34.8 Å². The second kappa shape index (κ2) is 29.2. The predicted molar refractivity (Wildman–Crippen MR) is 364 cm³/mol. The molecule has 1 atom stereocenters. The van der Waals surface area contributed by atoms with E-state index in [1.165, 1.54) is 68.6 Å². The van der Waals surface area contributed by atoms with Gasteiger partial charge in [0.2, 0.25) is 10.7 Å². The first kappa shape index (κ1) is 67.3. The van der Waals surface area contributed by atoms with Crippen LogP contribution in [0.1, 0.15) is 212 Å². The van der Waals surface area contributed by atoms with Crippen LogP contribution in [0, 0.1) is 13.8 Å². The minimum absolute atomic E-state index is 0.123. The quantitative estimate of drug-likeness (QED) is 0.0482. The van der Waals surface area contributed by atoms with Gasteiger partial charge in [0.15, 0.2) is 0 Å². The van der Waals surface area contributed by atoms with Crippen LogP contribution in [0.3, 0.4) is 0 Å². The Morgan fingerprint density at radius 3 is 1.52 bits per heavy atom. The fourth-order valence-electron chi connectivity index (χ4n) is 12.5. The molecule has 10 heteroatoms. The second-order valence-corrected chi connectivity index (χ2v) is 27.0. The van der Waals surface area contributed by atoms with Crippen molar-refractivity contribution in [2.45, 2.75) is 203 Å². The molecule has 2 N–H and O–H groups in total. The van der Waals surface area contributed by atoms with Crippen molar-refractivity contribution in [3.63, 3.8) is 0 Å². The lowest BCUT2D eigenvalue weighted by atomic mass is 9.76. The van der Waals surface area contributed by atoms with Crippen LogP contribution in [0.4, 0.5) is 11.4 Å². The lowest BCUT2D eigenvalue weighted by Gasteiger charge is -2.30. The molecule has 2 aromatic rings. The number of hydrogen-bond donors (Lipinski definition) is 2. The van der Waals surface area contributed by atoms with Crippen molar-refractivity contribution in [3.05, 3.63) is 176 Å². The van der Waals surface area contributed by atoms with Crippen LogP contribution in [0.5, 0.6) is 0 Å². The Morgan fingerprint density at radius 2 is 1.01 bits per heavy atom. The number of anilines is 2. The fraction of sp³-hybridized carbons (Fsp3) is 0.481. The summed E-state index contributed by atoms with van der Waals surface area (Å²) in [6, 6.07) is 31.1. The van der Waals surface area contributed by atoms with Crippen molar-refractivity contribution in [3.8, 4) is 22.6 Å². The van der Waals surface area contributed by atoms with Crippen LogP contribution in [0.15, 0.2) is 129 Å². The number of allylic oxidation sites excluding steroid dienone is 6. The Morgan fingerprint density at radius 1 is 0.540 bits per heavy atom. The average molecular weight is 1180 g/mol. The molecule has 10 nitrogen and oxygen atoms in total. The van der Waals surface area contributed by atoms with Gasteiger partial charge in [-0.2, -0.15) is 0 Å². The Labute approximate surface area is 521 Å². The molecule has 0 saturated heterocycles. The standard InChI is InChI=1S/C39H52N2O3.C38H50N2O3/c1-9-11-23-40(10-2)30-20-21-31-29(26-36(38(4,5)6)44-34(31)27-30)16-15-17-35-39(7,8)32-25-28(3)19-22-33(32)41(35)24-14-12-13-18-37(42)43;1-9-12-23-40-32-21-18-27(4)24-31(32)38(8,22-14-17-36(41)42)34(40)16-13-15-28-25-35(37(5,6)7)43-33-26-29(19-20-30(28)33)39(10-2)11-3/h15-17,19-22,25-27H,9-14,18,23-24H2,1-8H3;13,15-16,18-21,24-26H,9-12,14,17,22-23H2,1-8H3/p+2. The van der Waals surface area contributed by atoms with E-state index >= 15 is 0 Å². The largest absolute Gasteiger partial charge is 0.481 e. The minimum Gasteiger partial charge on any atom is -0.481 e. The highest BCUT2D eigenvalue weighted by Crippen LogP contribution is 2.52.